The van der Waals surface area contributed by atoms with Gasteiger partial charge in [-0.2, -0.15) is 0 Å². The first-order valence-electron chi connectivity index (χ1n) is 5.46. The van der Waals surface area contributed by atoms with Crippen LogP contribution in [0.1, 0.15) is 34.6 Å². The molecule has 0 spiro atoms. The molecule has 0 saturated carbocycles. The first kappa shape index (κ1) is 15.3. The monoisotopic (exact) mass is 233 g/mol. The zero-order valence-electron chi connectivity index (χ0n) is 10.8. The maximum atomic E-state index is 11.9. The molecule has 16 heavy (non-hydrogen) atoms. The maximum Gasteiger partial charge on any atom is 0.367 e. The van der Waals surface area contributed by atoms with Crippen LogP contribution in [-0.2, 0) is 19.0 Å². The Balaban J connectivity index is 4.56. The van der Waals surface area contributed by atoms with Crippen molar-refractivity contribution in [2.45, 2.75) is 46.0 Å². The van der Waals surface area contributed by atoms with Crippen LogP contribution in [0.5, 0.6) is 0 Å². The van der Waals surface area contributed by atoms with Crippen molar-refractivity contribution in [3.63, 3.8) is 0 Å². The minimum atomic E-state index is -1.37. The fourth-order valence-corrected chi connectivity index (χ4v) is 1.06. The summed E-state index contributed by atoms with van der Waals surface area (Å²) in [6, 6.07) is 0. The number of hydrogen-bond acceptors (Lipinski definition) is 5. The van der Waals surface area contributed by atoms with Crippen LogP contribution in [0.3, 0.4) is 0 Å². The lowest BCUT2D eigenvalue weighted by atomic mass is 10.2. The largest absolute Gasteiger partial charge is 0.456 e. The van der Waals surface area contributed by atoms with Gasteiger partial charge in [0, 0.05) is 20.1 Å². The van der Waals surface area contributed by atoms with E-state index in [9.17, 15) is 4.79 Å². The third-order valence-electron chi connectivity index (χ3n) is 1.68. The molecule has 5 heteroatoms. The summed E-state index contributed by atoms with van der Waals surface area (Å²) < 4.78 is 15.8. The van der Waals surface area contributed by atoms with Gasteiger partial charge in [0.15, 0.2) is 0 Å². The molecule has 0 aliphatic heterocycles. The molecule has 0 heterocycles. The van der Waals surface area contributed by atoms with Gasteiger partial charge in [-0.3, -0.25) is 0 Å². The first-order valence-corrected chi connectivity index (χ1v) is 5.46. The molecule has 0 aromatic rings. The first-order chi connectivity index (χ1) is 7.25. The number of hydrogen-bond donors (Lipinski definition) is 1. The summed E-state index contributed by atoms with van der Waals surface area (Å²) in [6.45, 7) is 9.64. The minimum Gasteiger partial charge on any atom is -0.456 e. The third-order valence-corrected chi connectivity index (χ3v) is 1.68. The van der Waals surface area contributed by atoms with Crippen LogP contribution in [-0.4, -0.2) is 37.1 Å². The zero-order chi connectivity index (χ0) is 12.8. The second kappa shape index (κ2) is 6.18. The Morgan fingerprint density at radius 1 is 1.19 bits per heavy atom. The fraction of sp³-hybridized carbons (Fsp3) is 0.909. The maximum absolute atomic E-state index is 11.9. The summed E-state index contributed by atoms with van der Waals surface area (Å²) in [5.41, 5.74) is 4.76. The topological polar surface area (TPSA) is 70.8 Å². The molecule has 2 N–H and O–H groups in total. The van der Waals surface area contributed by atoms with E-state index >= 15 is 0 Å². The van der Waals surface area contributed by atoms with Crippen LogP contribution in [0.2, 0.25) is 0 Å². The van der Waals surface area contributed by atoms with E-state index in [-0.39, 0.29) is 6.61 Å². The van der Waals surface area contributed by atoms with Gasteiger partial charge in [-0.05, 0) is 27.7 Å². The van der Waals surface area contributed by atoms with E-state index in [0.29, 0.717) is 13.2 Å². The molecular formula is C11H23NO4. The second-order valence-corrected chi connectivity index (χ2v) is 4.52. The van der Waals surface area contributed by atoms with Gasteiger partial charge in [0.25, 0.3) is 5.79 Å². The molecule has 0 saturated heterocycles. The van der Waals surface area contributed by atoms with E-state index in [0.717, 1.165) is 0 Å². The van der Waals surface area contributed by atoms with Crippen molar-refractivity contribution in [3.05, 3.63) is 0 Å². The van der Waals surface area contributed by atoms with E-state index < -0.39 is 17.4 Å². The molecule has 0 bridgehead atoms. The van der Waals surface area contributed by atoms with E-state index in [1.54, 1.807) is 34.6 Å². The van der Waals surface area contributed by atoms with E-state index in [1.165, 1.54) is 0 Å². The van der Waals surface area contributed by atoms with Crippen LogP contribution in [0.15, 0.2) is 0 Å². The van der Waals surface area contributed by atoms with Crippen LogP contribution in [0.4, 0.5) is 0 Å². The van der Waals surface area contributed by atoms with E-state index in [1.807, 2.05) is 0 Å². The number of nitrogens with two attached hydrogens (primary N) is 1. The summed E-state index contributed by atoms with van der Waals surface area (Å²) in [6.07, 6.45) is 0. The van der Waals surface area contributed by atoms with Crippen molar-refractivity contribution < 1.29 is 19.0 Å². The number of carbonyl (C=O) groups is 1. The molecule has 96 valence electrons. The predicted molar refractivity (Wildman–Crippen MR) is 60.9 cm³/mol. The van der Waals surface area contributed by atoms with Crippen molar-refractivity contribution in [2.75, 3.05) is 19.8 Å². The quantitative estimate of drug-likeness (QED) is 0.548. The second-order valence-electron chi connectivity index (χ2n) is 4.52. The summed E-state index contributed by atoms with van der Waals surface area (Å²) >= 11 is 0. The Hall–Kier alpha value is -0.650. The van der Waals surface area contributed by atoms with Gasteiger partial charge in [-0.15, -0.1) is 0 Å². The Kier molecular flexibility index (Phi) is 5.92. The van der Waals surface area contributed by atoms with Gasteiger partial charge in [0.2, 0.25) is 0 Å². The van der Waals surface area contributed by atoms with Gasteiger partial charge in [-0.25, -0.2) is 4.79 Å². The highest BCUT2D eigenvalue weighted by Gasteiger charge is 2.39. The highest BCUT2D eigenvalue weighted by atomic mass is 16.7. The number of esters is 1. The van der Waals surface area contributed by atoms with Crippen LogP contribution in [0, 0.1) is 0 Å². The lowest BCUT2D eigenvalue weighted by molar-refractivity contribution is -0.245. The molecule has 0 fully saturated rings. The highest BCUT2D eigenvalue weighted by Crippen LogP contribution is 2.19. The van der Waals surface area contributed by atoms with E-state index in [4.69, 9.17) is 19.9 Å². The molecule has 0 amide bonds. The summed E-state index contributed by atoms with van der Waals surface area (Å²) in [5.74, 6) is -1.91. The molecule has 5 nitrogen and oxygen atoms in total. The Labute approximate surface area is 97.2 Å². The summed E-state index contributed by atoms with van der Waals surface area (Å²) in [5, 5.41) is 0. The predicted octanol–water partition coefficient (Wildman–Crippen LogP) is 1.06. The Bertz CT molecular complexity index is 225. The normalized spacial score (nSPS) is 15.6. The average Bonchev–Trinajstić information content (AvgIpc) is 2.12. The van der Waals surface area contributed by atoms with Crippen LogP contribution in [0.25, 0.3) is 0 Å². The van der Waals surface area contributed by atoms with Crippen molar-refractivity contribution in [1.82, 2.24) is 0 Å². The minimum absolute atomic E-state index is 0.246. The van der Waals surface area contributed by atoms with Crippen molar-refractivity contribution in [3.8, 4) is 0 Å². The zero-order valence-corrected chi connectivity index (χ0v) is 10.8. The number of rotatable bonds is 6. The van der Waals surface area contributed by atoms with Crippen molar-refractivity contribution >= 4 is 5.97 Å². The van der Waals surface area contributed by atoms with Gasteiger partial charge < -0.3 is 19.9 Å². The lowest BCUT2D eigenvalue weighted by Crippen LogP contribution is -2.46. The molecule has 0 aromatic carbocycles. The van der Waals surface area contributed by atoms with Gasteiger partial charge in [0.05, 0.1) is 6.61 Å². The molecule has 1 unspecified atom stereocenters. The highest BCUT2D eigenvalue weighted by molar-refractivity contribution is 5.77. The summed E-state index contributed by atoms with van der Waals surface area (Å²) in [4.78, 5) is 11.9. The van der Waals surface area contributed by atoms with Gasteiger partial charge >= 0.3 is 5.97 Å². The smallest absolute Gasteiger partial charge is 0.367 e. The van der Waals surface area contributed by atoms with Crippen molar-refractivity contribution in [1.29, 1.82) is 0 Å². The SMILES string of the molecule is CCOC(C)(OCCN)C(=O)OC(C)(C)C. The number of carbonyl (C=O) groups excluding carboxylic acids is 1. The Morgan fingerprint density at radius 2 is 1.75 bits per heavy atom. The molecule has 0 aliphatic rings. The average molecular weight is 233 g/mol. The molecule has 0 radical (unpaired) electrons. The van der Waals surface area contributed by atoms with E-state index in [2.05, 4.69) is 0 Å². The van der Waals surface area contributed by atoms with Crippen molar-refractivity contribution in [2.24, 2.45) is 5.73 Å². The molecule has 0 rings (SSSR count). The molecule has 1 atom stereocenters. The number of ether oxygens (including phenoxy) is 3. The lowest BCUT2D eigenvalue weighted by Gasteiger charge is -2.30. The summed E-state index contributed by atoms with van der Waals surface area (Å²) in [7, 11) is 0. The molecule has 0 aliphatic carbocycles. The third kappa shape index (κ3) is 5.44. The standard InChI is InChI=1S/C11H23NO4/c1-6-14-11(5,15-8-7-12)9(13)16-10(2,3)4/h6-8,12H2,1-5H3. The Morgan fingerprint density at radius 3 is 2.12 bits per heavy atom. The van der Waals surface area contributed by atoms with Gasteiger partial charge in [-0.1, -0.05) is 0 Å². The van der Waals surface area contributed by atoms with Crippen LogP contribution < -0.4 is 5.73 Å². The molecular weight excluding hydrogens is 210 g/mol. The fourth-order valence-electron chi connectivity index (χ4n) is 1.06. The van der Waals surface area contributed by atoms with Gasteiger partial charge in [0.1, 0.15) is 5.60 Å². The van der Waals surface area contributed by atoms with Crippen LogP contribution >= 0.6 is 0 Å². The molecule has 0 aromatic heterocycles.